The molecule has 6 nitrogen and oxygen atoms in total. The molecule has 1 N–H and O–H groups in total. The third-order valence-corrected chi connectivity index (χ3v) is 6.12. The van der Waals surface area contributed by atoms with Crippen LogP contribution in [0.5, 0.6) is 0 Å². The summed E-state index contributed by atoms with van der Waals surface area (Å²) in [5.41, 5.74) is -2.71. The highest BCUT2D eigenvalue weighted by Gasteiger charge is 2.38. The molecular weight excluding hydrogens is 440 g/mol. The lowest BCUT2D eigenvalue weighted by Crippen LogP contribution is -2.34. The highest BCUT2D eigenvalue weighted by Crippen LogP contribution is 2.46. The Morgan fingerprint density at radius 3 is 2.58 bits per heavy atom. The molecule has 3 aromatic rings. The lowest BCUT2D eigenvalue weighted by molar-refractivity contribution is -0.137. The molecule has 1 aliphatic rings. The maximum Gasteiger partial charge on any atom is 0.417 e. The second-order valence-corrected chi connectivity index (χ2v) is 7.94. The van der Waals surface area contributed by atoms with Crippen LogP contribution in [-0.2, 0) is 22.2 Å². The van der Waals surface area contributed by atoms with Crippen molar-refractivity contribution in [3.05, 3.63) is 62.6 Å². The normalized spacial score (nSPS) is 16.5. The SMILES string of the molecule is COCO[C@H]1CSc2c(-c3ccc(F)cc3)c(C(F)(F)F)cc3c(=O)[nH]c(=O)n(c23)C1. The Morgan fingerprint density at radius 2 is 1.94 bits per heavy atom. The predicted octanol–water partition coefficient (Wildman–Crippen LogP) is 3.61. The number of rotatable bonds is 4. The number of hydrogen-bond acceptors (Lipinski definition) is 5. The zero-order chi connectivity index (χ0) is 22.3. The van der Waals surface area contributed by atoms with Gasteiger partial charge in [0.15, 0.2) is 0 Å². The van der Waals surface area contributed by atoms with Gasteiger partial charge >= 0.3 is 11.9 Å². The van der Waals surface area contributed by atoms with Gasteiger partial charge in [0.05, 0.1) is 29.1 Å². The fraction of sp³-hybridized carbons (Fsp3) is 0.300. The summed E-state index contributed by atoms with van der Waals surface area (Å²) >= 11 is 1.05. The van der Waals surface area contributed by atoms with Crippen molar-refractivity contribution in [1.29, 1.82) is 0 Å². The molecule has 0 saturated heterocycles. The summed E-state index contributed by atoms with van der Waals surface area (Å²) in [6.07, 6.45) is -5.35. The van der Waals surface area contributed by atoms with E-state index in [9.17, 15) is 27.2 Å². The lowest BCUT2D eigenvalue weighted by atomic mass is 9.96. The van der Waals surface area contributed by atoms with E-state index >= 15 is 0 Å². The first-order valence-electron chi connectivity index (χ1n) is 9.11. The highest BCUT2D eigenvalue weighted by molar-refractivity contribution is 7.99. The van der Waals surface area contributed by atoms with Crippen molar-refractivity contribution < 1.29 is 27.0 Å². The first-order chi connectivity index (χ1) is 14.7. The van der Waals surface area contributed by atoms with E-state index in [1.54, 1.807) is 0 Å². The molecule has 0 unspecified atom stereocenters. The Hall–Kier alpha value is -2.63. The minimum Gasteiger partial charge on any atom is -0.359 e. The summed E-state index contributed by atoms with van der Waals surface area (Å²) in [6.45, 7) is -0.0505. The van der Waals surface area contributed by atoms with Crippen LogP contribution >= 0.6 is 11.8 Å². The van der Waals surface area contributed by atoms with Gasteiger partial charge in [-0.25, -0.2) is 9.18 Å². The molecular formula is C20H16F4N2O4S. The second-order valence-electron chi connectivity index (χ2n) is 6.91. The number of benzene rings is 2. The summed E-state index contributed by atoms with van der Waals surface area (Å²) in [6, 6.07) is 5.33. The number of nitrogens with one attached hydrogen (secondary N) is 1. The molecule has 1 aliphatic heterocycles. The highest BCUT2D eigenvalue weighted by atomic mass is 32.2. The fourth-order valence-corrected chi connectivity index (χ4v) is 4.84. The molecule has 31 heavy (non-hydrogen) atoms. The molecule has 2 heterocycles. The van der Waals surface area contributed by atoms with Crippen LogP contribution in [0.3, 0.4) is 0 Å². The van der Waals surface area contributed by atoms with E-state index < -0.39 is 34.9 Å². The van der Waals surface area contributed by atoms with Gasteiger partial charge in [0.2, 0.25) is 0 Å². The Labute approximate surface area is 176 Å². The van der Waals surface area contributed by atoms with Gasteiger partial charge in [-0.15, -0.1) is 11.8 Å². The quantitative estimate of drug-likeness (QED) is 0.480. The van der Waals surface area contributed by atoms with Gasteiger partial charge in [-0.1, -0.05) is 12.1 Å². The topological polar surface area (TPSA) is 73.3 Å². The van der Waals surface area contributed by atoms with Crippen LogP contribution in [0.1, 0.15) is 5.56 Å². The Bertz CT molecular complexity index is 1250. The van der Waals surface area contributed by atoms with Crippen LogP contribution in [0.4, 0.5) is 17.6 Å². The van der Waals surface area contributed by atoms with Gasteiger partial charge in [-0.3, -0.25) is 14.3 Å². The summed E-state index contributed by atoms with van der Waals surface area (Å²) in [4.78, 5) is 27.2. The molecule has 0 aliphatic carbocycles. The first kappa shape index (κ1) is 21.6. The maximum absolute atomic E-state index is 14.0. The molecule has 4 rings (SSSR count). The van der Waals surface area contributed by atoms with Crippen molar-refractivity contribution in [1.82, 2.24) is 9.55 Å². The Balaban J connectivity index is 2.09. The summed E-state index contributed by atoms with van der Waals surface area (Å²) in [7, 11) is 1.42. The van der Waals surface area contributed by atoms with Gasteiger partial charge in [0, 0.05) is 23.3 Å². The number of aromatic amines is 1. The van der Waals surface area contributed by atoms with Gasteiger partial charge in [-0.05, 0) is 23.8 Å². The van der Waals surface area contributed by atoms with E-state index in [1.807, 2.05) is 0 Å². The van der Waals surface area contributed by atoms with Crippen LogP contribution in [0.15, 0.2) is 44.8 Å². The monoisotopic (exact) mass is 456 g/mol. The van der Waals surface area contributed by atoms with Crippen molar-refractivity contribution in [2.75, 3.05) is 19.7 Å². The maximum atomic E-state index is 14.0. The third kappa shape index (κ3) is 4.00. The van der Waals surface area contributed by atoms with Crippen molar-refractivity contribution >= 4 is 22.7 Å². The molecule has 0 amide bonds. The zero-order valence-corrected chi connectivity index (χ0v) is 16.9. The molecule has 0 fully saturated rings. The van der Waals surface area contributed by atoms with Crippen molar-refractivity contribution in [2.45, 2.75) is 23.7 Å². The van der Waals surface area contributed by atoms with Crippen LogP contribution in [0.25, 0.3) is 22.0 Å². The summed E-state index contributed by atoms with van der Waals surface area (Å²) < 4.78 is 67.2. The largest absolute Gasteiger partial charge is 0.417 e. The predicted molar refractivity (Wildman–Crippen MR) is 107 cm³/mol. The molecule has 0 radical (unpaired) electrons. The van der Waals surface area contributed by atoms with Gasteiger partial charge in [0.25, 0.3) is 5.56 Å². The number of halogens is 4. The minimum absolute atomic E-state index is 0.0176. The number of H-pyrrole nitrogens is 1. The molecule has 164 valence electrons. The Kier molecular flexibility index (Phi) is 5.67. The number of methoxy groups -OCH3 is 1. The summed E-state index contributed by atoms with van der Waals surface area (Å²) in [5.74, 6) is -0.387. The average Bonchev–Trinajstić information content (AvgIpc) is 2.90. The number of hydrogen-bond donors (Lipinski definition) is 1. The smallest absolute Gasteiger partial charge is 0.359 e. The van der Waals surface area contributed by atoms with E-state index in [2.05, 4.69) is 4.98 Å². The van der Waals surface area contributed by atoms with E-state index in [4.69, 9.17) is 9.47 Å². The van der Waals surface area contributed by atoms with Crippen LogP contribution in [-0.4, -0.2) is 35.3 Å². The number of thioether (sulfide) groups is 1. The van der Waals surface area contributed by atoms with Crippen molar-refractivity contribution in [2.24, 2.45) is 0 Å². The van der Waals surface area contributed by atoms with Crippen LogP contribution < -0.4 is 11.2 Å². The zero-order valence-electron chi connectivity index (χ0n) is 16.1. The summed E-state index contributed by atoms with van der Waals surface area (Å²) in [5, 5.41) is -0.257. The number of aromatic nitrogens is 2. The van der Waals surface area contributed by atoms with Gasteiger partial charge < -0.3 is 9.47 Å². The van der Waals surface area contributed by atoms with Gasteiger partial charge in [-0.2, -0.15) is 13.2 Å². The molecule has 11 heteroatoms. The van der Waals surface area contributed by atoms with Gasteiger partial charge in [0.1, 0.15) is 12.6 Å². The van der Waals surface area contributed by atoms with E-state index in [0.29, 0.717) is 0 Å². The molecule has 2 aromatic carbocycles. The molecule has 0 bridgehead atoms. The van der Waals surface area contributed by atoms with E-state index in [-0.39, 0.29) is 46.0 Å². The molecule has 0 spiro atoms. The molecule has 1 atom stereocenters. The minimum atomic E-state index is -4.79. The average molecular weight is 456 g/mol. The third-order valence-electron chi connectivity index (χ3n) is 4.90. The van der Waals surface area contributed by atoms with Crippen molar-refractivity contribution in [3.63, 3.8) is 0 Å². The number of nitrogens with zero attached hydrogens (tertiary/aromatic N) is 1. The number of alkyl halides is 3. The first-order valence-corrected chi connectivity index (χ1v) is 10.1. The Morgan fingerprint density at radius 1 is 1.23 bits per heavy atom. The van der Waals surface area contributed by atoms with Crippen LogP contribution in [0.2, 0.25) is 0 Å². The van der Waals surface area contributed by atoms with Crippen molar-refractivity contribution in [3.8, 4) is 11.1 Å². The second kappa shape index (κ2) is 8.13. The van der Waals surface area contributed by atoms with E-state index in [1.165, 1.54) is 23.8 Å². The molecule has 1 aromatic heterocycles. The number of ether oxygens (including phenoxy) is 2. The lowest BCUT2D eigenvalue weighted by Gasteiger charge is -2.19. The molecule has 0 saturated carbocycles. The fourth-order valence-electron chi connectivity index (χ4n) is 3.56. The van der Waals surface area contributed by atoms with Crippen LogP contribution in [0, 0.1) is 5.82 Å². The van der Waals surface area contributed by atoms with E-state index in [0.717, 1.165) is 30.0 Å². The standard InChI is InChI=1S/C20H16F4N2O4S/c1-29-9-30-12-7-26-16-13(18(27)25-19(26)28)6-14(20(22,23)24)15(17(16)31-8-12)10-2-4-11(21)5-3-10/h2-6,12H,7-9H2,1H3,(H,25,27,28)/t12-/m1/s1.